The molecule has 0 saturated heterocycles. The Kier molecular flexibility index (Phi) is 5.66. The lowest BCUT2D eigenvalue weighted by atomic mass is 10.0. The first-order valence-electron chi connectivity index (χ1n) is 6.41. The van der Waals surface area contributed by atoms with Crippen LogP contribution in [-0.4, -0.2) is 13.7 Å². The number of methoxy groups -OCH3 is 1. The molecule has 5 heteroatoms. The van der Waals surface area contributed by atoms with Gasteiger partial charge in [0, 0.05) is 16.6 Å². The van der Waals surface area contributed by atoms with Crippen LogP contribution in [-0.2, 0) is 11.3 Å². The summed E-state index contributed by atoms with van der Waals surface area (Å²) in [6.07, 6.45) is 0. The largest absolute Gasteiger partial charge is 0.462 e. The minimum Gasteiger partial charge on any atom is -0.462 e. The van der Waals surface area contributed by atoms with Crippen molar-refractivity contribution >= 4 is 27.5 Å². The van der Waals surface area contributed by atoms with Crippen molar-refractivity contribution in [2.45, 2.75) is 19.6 Å². The molecule has 0 saturated carbocycles. The number of hydrogen-bond donors (Lipinski definition) is 1. The Labute approximate surface area is 132 Å². The maximum absolute atomic E-state index is 6.10. The number of furan rings is 1. The second kappa shape index (κ2) is 7.27. The van der Waals surface area contributed by atoms with E-state index in [1.165, 1.54) is 0 Å². The number of hydrogen-bond acceptors (Lipinski definition) is 3. The lowest BCUT2D eigenvalue weighted by Crippen LogP contribution is -2.22. The molecule has 0 aliphatic carbocycles. The van der Waals surface area contributed by atoms with Gasteiger partial charge >= 0.3 is 0 Å². The number of benzene rings is 1. The third-order valence-electron chi connectivity index (χ3n) is 2.93. The second-order valence-electron chi connectivity index (χ2n) is 4.39. The molecule has 2 aromatic rings. The molecule has 2 rings (SSSR count). The van der Waals surface area contributed by atoms with Crippen LogP contribution in [0.15, 0.2) is 39.2 Å². The van der Waals surface area contributed by atoms with Crippen LogP contribution in [0, 0.1) is 0 Å². The van der Waals surface area contributed by atoms with Crippen LogP contribution in [0.4, 0.5) is 0 Å². The highest BCUT2D eigenvalue weighted by molar-refractivity contribution is 9.10. The molecular formula is C15H17BrClNO2. The lowest BCUT2D eigenvalue weighted by Gasteiger charge is -2.18. The predicted molar refractivity (Wildman–Crippen MR) is 84.1 cm³/mol. The van der Waals surface area contributed by atoms with Crippen molar-refractivity contribution < 1.29 is 9.15 Å². The fraction of sp³-hybridized carbons (Fsp3) is 0.333. The van der Waals surface area contributed by atoms with Crippen LogP contribution in [0.25, 0.3) is 0 Å². The Balaban J connectivity index is 2.36. The summed E-state index contributed by atoms with van der Waals surface area (Å²) in [7, 11) is 1.65. The van der Waals surface area contributed by atoms with Gasteiger partial charge in [0.15, 0.2) is 0 Å². The summed E-state index contributed by atoms with van der Waals surface area (Å²) in [6.45, 7) is 3.35. The molecule has 1 N–H and O–H groups in total. The molecule has 1 heterocycles. The monoisotopic (exact) mass is 357 g/mol. The molecular weight excluding hydrogens is 342 g/mol. The van der Waals surface area contributed by atoms with Crippen molar-refractivity contribution in [1.29, 1.82) is 0 Å². The first kappa shape index (κ1) is 15.6. The summed E-state index contributed by atoms with van der Waals surface area (Å²) in [5, 5.41) is 4.12. The molecule has 20 heavy (non-hydrogen) atoms. The van der Waals surface area contributed by atoms with Gasteiger partial charge in [0.05, 0.1) is 6.04 Å². The Morgan fingerprint density at radius 2 is 2.15 bits per heavy atom. The molecule has 3 nitrogen and oxygen atoms in total. The van der Waals surface area contributed by atoms with Crippen molar-refractivity contribution in [1.82, 2.24) is 5.32 Å². The Morgan fingerprint density at radius 3 is 2.85 bits per heavy atom. The van der Waals surface area contributed by atoms with E-state index in [0.29, 0.717) is 11.6 Å². The van der Waals surface area contributed by atoms with Gasteiger partial charge in [-0.2, -0.15) is 0 Å². The Bertz CT molecular complexity index is 571. The molecule has 0 aliphatic heterocycles. The molecule has 0 spiro atoms. The van der Waals surface area contributed by atoms with Crippen LogP contribution in [0.3, 0.4) is 0 Å². The molecule has 0 fully saturated rings. The van der Waals surface area contributed by atoms with Gasteiger partial charge in [-0.05, 0) is 42.4 Å². The zero-order chi connectivity index (χ0) is 14.5. The van der Waals surface area contributed by atoms with E-state index in [2.05, 4.69) is 28.2 Å². The molecule has 1 unspecified atom stereocenters. The third-order valence-corrected chi connectivity index (χ3v) is 3.89. The standard InChI is InChI=1S/C15H17BrClNO2/c1-3-18-15(12-8-10(17)4-6-13(12)16)14-7-5-11(20-14)9-19-2/h4-8,15,18H,3,9H2,1-2H3. The third kappa shape index (κ3) is 3.64. The molecule has 1 aromatic carbocycles. The van der Waals surface area contributed by atoms with Crippen molar-refractivity contribution in [3.8, 4) is 0 Å². The van der Waals surface area contributed by atoms with E-state index < -0.39 is 0 Å². The van der Waals surface area contributed by atoms with E-state index in [0.717, 1.165) is 28.1 Å². The van der Waals surface area contributed by atoms with Crippen LogP contribution in [0.1, 0.15) is 30.0 Å². The number of ether oxygens (including phenoxy) is 1. The van der Waals surface area contributed by atoms with E-state index in [4.69, 9.17) is 20.8 Å². The van der Waals surface area contributed by atoms with Gasteiger partial charge in [0.25, 0.3) is 0 Å². The van der Waals surface area contributed by atoms with Gasteiger partial charge in [0.2, 0.25) is 0 Å². The van der Waals surface area contributed by atoms with Crippen molar-refractivity contribution in [3.05, 3.63) is 56.9 Å². The predicted octanol–water partition coefficient (Wildman–Crippen LogP) is 4.54. The quantitative estimate of drug-likeness (QED) is 0.823. The van der Waals surface area contributed by atoms with Gasteiger partial charge in [-0.25, -0.2) is 0 Å². The summed E-state index contributed by atoms with van der Waals surface area (Å²) in [6, 6.07) is 9.60. The van der Waals surface area contributed by atoms with Gasteiger partial charge in [-0.3, -0.25) is 0 Å². The second-order valence-corrected chi connectivity index (χ2v) is 5.68. The van der Waals surface area contributed by atoms with Gasteiger partial charge in [-0.15, -0.1) is 0 Å². The van der Waals surface area contributed by atoms with Crippen molar-refractivity contribution in [2.75, 3.05) is 13.7 Å². The first-order valence-corrected chi connectivity index (χ1v) is 7.58. The van der Waals surface area contributed by atoms with E-state index in [-0.39, 0.29) is 6.04 Å². The highest BCUT2D eigenvalue weighted by Crippen LogP contribution is 2.31. The van der Waals surface area contributed by atoms with E-state index in [1.54, 1.807) is 7.11 Å². The zero-order valence-corrected chi connectivity index (χ0v) is 13.8. The van der Waals surface area contributed by atoms with Gasteiger partial charge in [-0.1, -0.05) is 34.5 Å². The summed E-state index contributed by atoms with van der Waals surface area (Å²) in [5.41, 5.74) is 1.05. The SMILES string of the molecule is CCNC(c1ccc(COC)o1)c1cc(Cl)ccc1Br. The summed E-state index contributed by atoms with van der Waals surface area (Å²) >= 11 is 9.68. The Morgan fingerprint density at radius 1 is 1.35 bits per heavy atom. The highest BCUT2D eigenvalue weighted by Gasteiger charge is 2.19. The van der Waals surface area contributed by atoms with Gasteiger partial charge < -0.3 is 14.5 Å². The minimum atomic E-state index is -0.0429. The van der Waals surface area contributed by atoms with Crippen LogP contribution >= 0.6 is 27.5 Å². The van der Waals surface area contributed by atoms with E-state index >= 15 is 0 Å². The minimum absolute atomic E-state index is 0.0429. The van der Waals surface area contributed by atoms with Crippen LogP contribution in [0.5, 0.6) is 0 Å². The normalized spacial score (nSPS) is 12.6. The number of halogens is 2. The lowest BCUT2D eigenvalue weighted by molar-refractivity contribution is 0.162. The molecule has 108 valence electrons. The zero-order valence-electron chi connectivity index (χ0n) is 11.5. The van der Waals surface area contributed by atoms with Gasteiger partial charge in [0.1, 0.15) is 18.1 Å². The van der Waals surface area contributed by atoms with E-state index in [9.17, 15) is 0 Å². The van der Waals surface area contributed by atoms with Crippen molar-refractivity contribution in [3.63, 3.8) is 0 Å². The summed E-state index contributed by atoms with van der Waals surface area (Å²) in [5.74, 6) is 1.66. The molecule has 0 bridgehead atoms. The topological polar surface area (TPSA) is 34.4 Å². The summed E-state index contributed by atoms with van der Waals surface area (Å²) < 4.78 is 11.9. The molecule has 1 atom stereocenters. The fourth-order valence-electron chi connectivity index (χ4n) is 2.07. The number of nitrogens with one attached hydrogen (secondary N) is 1. The summed E-state index contributed by atoms with van der Waals surface area (Å²) in [4.78, 5) is 0. The average Bonchev–Trinajstić information content (AvgIpc) is 2.88. The van der Waals surface area contributed by atoms with Crippen LogP contribution in [0.2, 0.25) is 5.02 Å². The molecule has 0 aliphatic rings. The van der Waals surface area contributed by atoms with Crippen LogP contribution < -0.4 is 5.32 Å². The maximum Gasteiger partial charge on any atom is 0.129 e. The first-order chi connectivity index (χ1) is 9.65. The van der Waals surface area contributed by atoms with E-state index in [1.807, 2.05) is 30.3 Å². The number of rotatable bonds is 6. The smallest absolute Gasteiger partial charge is 0.129 e. The molecule has 1 aromatic heterocycles. The maximum atomic E-state index is 6.10. The average molecular weight is 359 g/mol. The highest BCUT2D eigenvalue weighted by atomic mass is 79.9. The fourth-order valence-corrected chi connectivity index (χ4v) is 2.73. The Hall–Kier alpha value is -0.810. The molecule has 0 amide bonds. The van der Waals surface area contributed by atoms with Crippen molar-refractivity contribution in [2.24, 2.45) is 0 Å². The molecule has 0 radical (unpaired) electrons.